The number of nitrogens with one attached hydrogen (secondary N) is 1. The van der Waals surface area contributed by atoms with Gasteiger partial charge in [0, 0.05) is 11.0 Å². The molecular formula is C23H27BrN2O. The van der Waals surface area contributed by atoms with Crippen LogP contribution in [0.4, 0.5) is 0 Å². The summed E-state index contributed by atoms with van der Waals surface area (Å²) in [5, 5.41) is 3.59. The van der Waals surface area contributed by atoms with E-state index in [1.54, 1.807) is 5.57 Å². The Balaban J connectivity index is 1.53. The van der Waals surface area contributed by atoms with Crippen molar-refractivity contribution in [3.05, 3.63) is 38.9 Å². The summed E-state index contributed by atoms with van der Waals surface area (Å²) in [5.74, 6) is 0.848. The molecule has 7 rings (SSSR count). The highest BCUT2D eigenvalue weighted by atomic mass is 79.9. The summed E-state index contributed by atoms with van der Waals surface area (Å²) in [5.41, 5.74) is 7.18. The van der Waals surface area contributed by atoms with Crippen molar-refractivity contribution in [3.63, 3.8) is 0 Å². The summed E-state index contributed by atoms with van der Waals surface area (Å²) in [6.07, 6.45) is 5.33. The summed E-state index contributed by atoms with van der Waals surface area (Å²) in [6.45, 7) is 9.21. The molecule has 4 heteroatoms. The molecular weight excluding hydrogens is 400 g/mol. The van der Waals surface area contributed by atoms with Crippen molar-refractivity contribution >= 4 is 27.4 Å². The Labute approximate surface area is 169 Å². The lowest BCUT2D eigenvalue weighted by molar-refractivity contribution is -0.161. The van der Waals surface area contributed by atoms with Crippen LogP contribution in [0.3, 0.4) is 0 Å². The highest BCUT2D eigenvalue weighted by Gasteiger charge is 2.68. The Hall–Kier alpha value is -1.13. The van der Waals surface area contributed by atoms with Gasteiger partial charge in [-0.2, -0.15) is 0 Å². The molecule has 4 saturated heterocycles. The largest absolute Gasteiger partial charge is 0.347 e. The molecule has 2 bridgehead atoms. The molecule has 4 heterocycles. The van der Waals surface area contributed by atoms with Crippen molar-refractivity contribution in [1.82, 2.24) is 10.2 Å². The predicted octanol–water partition coefficient (Wildman–Crippen LogP) is 4.22. The molecule has 1 aromatic rings. The SMILES string of the molecule is Cc1cc2c(cc1Br)C1=C(C2)C(C)(C)[C@@H]2C[C@]34CCCN3C[C@@]2(C1)NC4=O. The van der Waals surface area contributed by atoms with E-state index >= 15 is 0 Å². The predicted molar refractivity (Wildman–Crippen MR) is 110 cm³/mol. The third-order valence-electron chi connectivity index (χ3n) is 8.67. The third-order valence-corrected chi connectivity index (χ3v) is 9.53. The number of piperidine rings is 2. The number of hydrogen-bond donors (Lipinski definition) is 1. The highest BCUT2D eigenvalue weighted by molar-refractivity contribution is 9.10. The molecule has 2 aliphatic carbocycles. The van der Waals surface area contributed by atoms with Crippen molar-refractivity contribution in [2.24, 2.45) is 11.3 Å². The smallest absolute Gasteiger partial charge is 0.241 e. The highest BCUT2D eigenvalue weighted by Crippen LogP contribution is 2.63. The van der Waals surface area contributed by atoms with Crippen molar-refractivity contribution in [2.45, 2.75) is 64.0 Å². The molecule has 0 radical (unpaired) electrons. The second-order valence-corrected chi connectivity index (χ2v) is 11.1. The van der Waals surface area contributed by atoms with Crippen molar-refractivity contribution in [2.75, 3.05) is 13.1 Å². The van der Waals surface area contributed by atoms with Crippen LogP contribution in [0.15, 0.2) is 22.2 Å². The fourth-order valence-corrected chi connectivity index (χ4v) is 7.68. The van der Waals surface area contributed by atoms with E-state index in [0.717, 1.165) is 38.8 Å². The zero-order valence-corrected chi connectivity index (χ0v) is 18.0. The van der Waals surface area contributed by atoms with E-state index < -0.39 is 0 Å². The lowest BCUT2D eigenvalue weighted by atomic mass is 9.50. The lowest BCUT2D eigenvalue weighted by Gasteiger charge is -2.66. The average molecular weight is 427 g/mol. The molecule has 0 saturated carbocycles. The number of carbonyl (C=O) groups is 1. The number of carbonyl (C=O) groups excluding carboxylic acids is 1. The molecule has 142 valence electrons. The van der Waals surface area contributed by atoms with Gasteiger partial charge in [0.2, 0.25) is 5.91 Å². The van der Waals surface area contributed by atoms with E-state index in [2.05, 4.69) is 59.1 Å². The van der Waals surface area contributed by atoms with Gasteiger partial charge in [0.05, 0.1) is 5.54 Å². The van der Waals surface area contributed by atoms with Gasteiger partial charge in [-0.3, -0.25) is 9.69 Å². The Morgan fingerprint density at radius 2 is 2.11 bits per heavy atom. The molecule has 6 aliphatic rings. The van der Waals surface area contributed by atoms with Crippen LogP contribution >= 0.6 is 15.9 Å². The number of aryl methyl sites for hydroxylation is 1. The van der Waals surface area contributed by atoms with Crippen LogP contribution in [0, 0.1) is 18.3 Å². The zero-order valence-electron chi connectivity index (χ0n) is 16.4. The van der Waals surface area contributed by atoms with Crippen LogP contribution in [0.25, 0.3) is 5.57 Å². The summed E-state index contributed by atoms with van der Waals surface area (Å²) >= 11 is 3.75. The first-order valence-corrected chi connectivity index (χ1v) is 11.2. The second-order valence-electron chi connectivity index (χ2n) is 10.2. The third kappa shape index (κ3) is 1.85. The number of nitrogens with zero attached hydrogens (tertiary/aromatic N) is 1. The first kappa shape index (κ1) is 16.8. The molecule has 3 atom stereocenters. The zero-order chi connectivity index (χ0) is 18.8. The fourth-order valence-electron chi connectivity index (χ4n) is 7.34. The Morgan fingerprint density at radius 3 is 2.93 bits per heavy atom. The van der Waals surface area contributed by atoms with Crippen molar-refractivity contribution in [3.8, 4) is 0 Å². The second kappa shape index (κ2) is 4.88. The number of allylic oxidation sites excluding steroid dienone is 1. The number of halogens is 1. The van der Waals surface area contributed by atoms with Gasteiger partial charge in [0.15, 0.2) is 0 Å². The summed E-state index contributed by atoms with van der Waals surface area (Å²) in [7, 11) is 0. The monoisotopic (exact) mass is 426 g/mol. The van der Waals surface area contributed by atoms with Gasteiger partial charge in [0.25, 0.3) is 0 Å². The van der Waals surface area contributed by atoms with E-state index in [1.807, 2.05) is 0 Å². The Morgan fingerprint density at radius 1 is 1.30 bits per heavy atom. The maximum atomic E-state index is 13.2. The molecule has 1 N–H and O–H groups in total. The maximum Gasteiger partial charge on any atom is 0.241 e. The van der Waals surface area contributed by atoms with Gasteiger partial charge in [0.1, 0.15) is 5.54 Å². The Bertz CT molecular complexity index is 948. The molecule has 0 unspecified atom stereocenters. The van der Waals surface area contributed by atoms with Crippen LogP contribution in [0.5, 0.6) is 0 Å². The fraction of sp³-hybridized carbons (Fsp3) is 0.609. The van der Waals surface area contributed by atoms with Gasteiger partial charge in [-0.05, 0) is 85.2 Å². The minimum absolute atomic E-state index is 0.0928. The molecule has 1 amide bonds. The quantitative estimate of drug-likeness (QED) is 0.673. The first-order valence-electron chi connectivity index (χ1n) is 10.4. The first-order chi connectivity index (χ1) is 12.8. The molecule has 0 aromatic heterocycles. The van der Waals surface area contributed by atoms with E-state index in [1.165, 1.54) is 33.2 Å². The van der Waals surface area contributed by atoms with Crippen LogP contribution in [0.2, 0.25) is 0 Å². The van der Waals surface area contributed by atoms with Crippen LogP contribution in [-0.2, 0) is 11.2 Å². The van der Waals surface area contributed by atoms with Gasteiger partial charge in [-0.1, -0.05) is 41.4 Å². The van der Waals surface area contributed by atoms with Gasteiger partial charge in [-0.15, -0.1) is 0 Å². The number of benzene rings is 1. The lowest BCUT2D eigenvalue weighted by Crippen LogP contribution is -2.81. The molecule has 3 nitrogen and oxygen atoms in total. The standard InChI is InChI=1S/C23H27BrN2O/c1-13-7-14-8-17-16(15(14)9-18(13)24)10-22-12-26-6-4-5-23(26,20(27)25-22)11-19(22)21(17,2)3/h7,9,19H,4-6,8,10-12H2,1-3H3,(H,25,27)/t19-,22+,23-/m0/s1. The topological polar surface area (TPSA) is 32.3 Å². The average Bonchev–Trinajstić information content (AvgIpc) is 3.17. The number of amides is 1. The van der Waals surface area contributed by atoms with Crippen LogP contribution in [-0.4, -0.2) is 35.0 Å². The molecule has 27 heavy (non-hydrogen) atoms. The van der Waals surface area contributed by atoms with E-state index in [-0.39, 0.29) is 16.5 Å². The summed E-state index contributed by atoms with van der Waals surface area (Å²) in [6, 6.07) is 4.69. The van der Waals surface area contributed by atoms with Crippen LogP contribution in [0.1, 0.15) is 56.2 Å². The molecule has 2 spiro atoms. The van der Waals surface area contributed by atoms with Gasteiger partial charge >= 0.3 is 0 Å². The van der Waals surface area contributed by atoms with Crippen LogP contribution < -0.4 is 5.32 Å². The molecule has 4 aliphatic heterocycles. The van der Waals surface area contributed by atoms with Crippen molar-refractivity contribution < 1.29 is 4.79 Å². The van der Waals surface area contributed by atoms with Crippen molar-refractivity contribution in [1.29, 1.82) is 0 Å². The molecule has 4 fully saturated rings. The number of hydrogen-bond acceptors (Lipinski definition) is 2. The van der Waals surface area contributed by atoms with Gasteiger partial charge < -0.3 is 5.32 Å². The number of piperazine rings is 1. The van der Waals surface area contributed by atoms with E-state index in [4.69, 9.17) is 0 Å². The van der Waals surface area contributed by atoms with E-state index in [0.29, 0.717) is 11.8 Å². The van der Waals surface area contributed by atoms with E-state index in [9.17, 15) is 4.79 Å². The summed E-state index contributed by atoms with van der Waals surface area (Å²) in [4.78, 5) is 15.7. The minimum atomic E-state index is -0.215. The summed E-state index contributed by atoms with van der Waals surface area (Å²) < 4.78 is 1.20. The number of rotatable bonds is 0. The molecule has 1 aromatic carbocycles. The Kier molecular flexibility index (Phi) is 3.04. The van der Waals surface area contributed by atoms with Gasteiger partial charge in [-0.25, -0.2) is 0 Å². The normalized spacial score (nSPS) is 38.4. The number of fused-ring (bicyclic) bond motifs is 3. The maximum absolute atomic E-state index is 13.2. The minimum Gasteiger partial charge on any atom is -0.347 e.